The molecule has 0 aliphatic carbocycles. The highest BCUT2D eigenvalue weighted by Crippen LogP contribution is 2.35. The summed E-state index contributed by atoms with van der Waals surface area (Å²) in [4.78, 5) is 11.1. The lowest BCUT2D eigenvalue weighted by Crippen LogP contribution is -2.35. The highest BCUT2D eigenvalue weighted by atomic mass is 32.1. The number of hydrogen-bond acceptors (Lipinski definition) is 6. The fourth-order valence-electron chi connectivity index (χ4n) is 3.70. The van der Waals surface area contributed by atoms with E-state index in [-0.39, 0.29) is 11.9 Å². The van der Waals surface area contributed by atoms with E-state index < -0.39 is 0 Å². The van der Waals surface area contributed by atoms with Crippen LogP contribution in [-0.2, 0) is 0 Å². The van der Waals surface area contributed by atoms with E-state index in [0.29, 0.717) is 11.2 Å². The molecule has 1 saturated heterocycles. The van der Waals surface area contributed by atoms with Crippen LogP contribution in [0.4, 0.5) is 9.52 Å². The van der Waals surface area contributed by atoms with E-state index in [4.69, 9.17) is 0 Å². The van der Waals surface area contributed by atoms with E-state index in [2.05, 4.69) is 20.0 Å². The smallest absolute Gasteiger partial charge is 0.186 e. The molecule has 4 heterocycles. The molecule has 1 fully saturated rings. The number of aromatic nitrogens is 4. The van der Waals surface area contributed by atoms with Crippen LogP contribution in [0, 0.1) is 19.7 Å². The van der Waals surface area contributed by atoms with E-state index in [1.165, 1.54) is 17.4 Å². The van der Waals surface area contributed by atoms with Gasteiger partial charge in [-0.05, 0) is 50.5 Å². The van der Waals surface area contributed by atoms with Crippen molar-refractivity contribution in [2.75, 3.05) is 18.0 Å². The molecule has 4 aromatic rings. The molecule has 28 heavy (non-hydrogen) atoms. The summed E-state index contributed by atoms with van der Waals surface area (Å²) in [6.07, 6.45) is 3.06. The number of thiazole rings is 1. The number of benzene rings is 1. The van der Waals surface area contributed by atoms with Gasteiger partial charge in [0.1, 0.15) is 5.52 Å². The van der Waals surface area contributed by atoms with Crippen molar-refractivity contribution >= 4 is 32.3 Å². The van der Waals surface area contributed by atoms with Crippen molar-refractivity contribution in [3.05, 3.63) is 41.5 Å². The van der Waals surface area contributed by atoms with E-state index in [0.717, 1.165) is 58.2 Å². The van der Waals surface area contributed by atoms with Crippen molar-refractivity contribution < 1.29 is 9.50 Å². The maximum absolute atomic E-state index is 14.8. The number of aryl methyl sites for hydroxylation is 2. The van der Waals surface area contributed by atoms with Gasteiger partial charge in [0.25, 0.3) is 0 Å². The van der Waals surface area contributed by atoms with Crippen molar-refractivity contribution in [3.63, 3.8) is 0 Å². The molecule has 0 spiro atoms. The molecule has 1 aromatic carbocycles. The zero-order valence-electron chi connectivity index (χ0n) is 15.7. The summed E-state index contributed by atoms with van der Waals surface area (Å²) in [7, 11) is 0. The van der Waals surface area contributed by atoms with Gasteiger partial charge < -0.3 is 10.0 Å². The van der Waals surface area contributed by atoms with Gasteiger partial charge in [-0.1, -0.05) is 11.3 Å². The SMILES string of the molecule is Cc1cn2nc(-c3cc(F)c4nc(N5CCC(O)CC5)sc4c3)cc(C)c2n1. The Labute approximate surface area is 165 Å². The average molecular weight is 397 g/mol. The summed E-state index contributed by atoms with van der Waals surface area (Å²) in [5, 5.41) is 15.1. The zero-order chi connectivity index (χ0) is 19.4. The highest BCUT2D eigenvalue weighted by Gasteiger charge is 2.21. The maximum Gasteiger partial charge on any atom is 0.186 e. The van der Waals surface area contributed by atoms with E-state index in [1.807, 2.05) is 32.2 Å². The van der Waals surface area contributed by atoms with Crippen LogP contribution in [0.1, 0.15) is 24.1 Å². The fourth-order valence-corrected chi connectivity index (χ4v) is 4.77. The second-order valence-electron chi connectivity index (χ2n) is 7.38. The summed E-state index contributed by atoms with van der Waals surface area (Å²) in [5.74, 6) is -0.339. The van der Waals surface area contributed by atoms with E-state index in [1.54, 1.807) is 4.52 Å². The molecule has 0 bridgehead atoms. The Bertz CT molecular complexity index is 1190. The molecule has 1 aliphatic heterocycles. The Kier molecular flexibility index (Phi) is 4.06. The lowest BCUT2D eigenvalue weighted by atomic mass is 10.1. The number of imidazole rings is 1. The molecule has 1 aliphatic rings. The number of nitrogens with zero attached hydrogens (tertiary/aromatic N) is 5. The van der Waals surface area contributed by atoms with Gasteiger partial charge in [0.15, 0.2) is 16.6 Å². The van der Waals surface area contributed by atoms with E-state index >= 15 is 0 Å². The normalized spacial score (nSPS) is 15.8. The largest absolute Gasteiger partial charge is 0.393 e. The predicted octanol–water partition coefficient (Wildman–Crippen LogP) is 3.72. The van der Waals surface area contributed by atoms with Gasteiger partial charge in [-0.2, -0.15) is 5.10 Å². The van der Waals surface area contributed by atoms with Crippen LogP contribution >= 0.6 is 11.3 Å². The van der Waals surface area contributed by atoms with Crippen molar-refractivity contribution in [1.82, 2.24) is 19.6 Å². The topological polar surface area (TPSA) is 66.5 Å². The highest BCUT2D eigenvalue weighted by molar-refractivity contribution is 7.22. The van der Waals surface area contributed by atoms with Crippen LogP contribution in [0.2, 0.25) is 0 Å². The Morgan fingerprint density at radius 2 is 1.93 bits per heavy atom. The first kappa shape index (κ1) is 17.5. The lowest BCUT2D eigenvalue weighted by molar-refractivity contribution is 0.145. The third kappa shape index (κ3) is 2.93. The van der Waals surface area contributed by atoms with Gasteiger partial charge in [0.05, 0.1) is 28.4 Å². The first-order valence-corrected chi connectivity index (χ1v) is 10.2. The summed E-state index contributed by atoms with van der Waals surface area (Å²) in [5.41, 5.74) is 4.54. The van der Waals surface area contributed by atoms with Crippen molar-refractivity contribution in [3.8, 4) is 11.3 Å². The number of hydrogen-bond donors (Lipinski definition) is 1. The summed E-state index contributed by atoms with van der Waals surface area (Å²) in [6.45, 7) is 5.40. The molecule has 144 valence electrons. The first-order valence-electron chi connectivity index (χ1n) is 9.35. The Morgan fingerprint density at radius 1 is 1.14 bits per heavy atom. The molecule has 0 atom stereocenters. The quantitative estimate of drug-likeness (QED) is 0.558. The van der Waals surface area contributed by atoms with Crippen molar-refractivity contribution in [2.45, 2.75) is 32.8 Å². The number of aliphatic hydroxyl groups is 1. The van der Waals surface area contributed by atoms with Gasteiger partial charge >= 0.3 is 0 Å². The number of halogens is 1. The molecule has 0 unspecified atom stereocenters. The van der Waals surface area contributed by atoms with E-state index in [9.17, 15) is 9.50 Å². The number of anilines is 1. The summed E-state index contributed by atoms with van der Waals surface area (Å²) in [6, 6.07) is 5.40. The first-order chi connectivity index (χ1) is 13.5. The molecule has 8 heteroatoms. The van der Waals surface area contributed by atoms with Gasteiger partial charge in [-0.3, -0.25) is 0 Å². The number of aliphatic hydroxyl groups excluding tert-OH is 1. The van der Waals surface area contributed by atoms with Gasteiger partial charge in [0, 0.05) is 18.7 Å². The zero-order valence-corrected chi connectivity index (χ0v) is 16.5. The Hall–Kier alpha value is -2.58. The second-order valence-corrected chi connectivity index (χ2v) is 8.39. The Balaban J connectivity index is 1.57. The third-order valence-electron chi connectivity index (χ3n) is 5.20. The molecule has 6 nitrogen and oxygen atoms in total. The maximum atomic E-state index is 14.8. The fraction of sp³-hybridized carbons (Fsp3) is 0.350. The lowest BCUT2D eigenvalue weighted by Gasteiger charge is -2.28. The van der Waals surface area contributed by atoms with Crippen LogP contribution in [0.15, 0.2) is 24.4 Å². The minimum absolute atomic E-state index is 0.245. The van der Waals surface area contributed by atoms with Gasteiger partial charge in [-0.25, -0.2) is 18.9 Å². The monoisotopic (exact) mass is 397 g/mol. The predicted molar refractivity (Wildman–Crippen MR) is 108 cm³/mol. The molecule has 0 saturated carbocycles. The van der Waals surface area contributed by atoms with Crippen LogP contribution in [0.25, 0.3) is 27.1 Å². The van der Waals surface area contributed by atoms with Crippen LogP contribution in [0.3, 0.4) is 0 Å². The van der Waals surface area contributed by atoms with Crippen LogP contribution in [0.5, 0.6) is 0 Å². The van der Waals surface area contributed by atoms with Gasteiger partial charge in [-0.15, -0.1) is 0 Å². The number of piperidine rings is 1. The van der Waals surface area contributed by atoms with Crippen molar-refractivity contribution in [2.24, 2.45) is 0 Å². The minimum atomic E-state index is -0.339. The number of rotatable bonds is 2. The standard InChI is InChI=1S/C20H20FN5OS/c1-11-7-16(24-26-10-12(2)22-19(11)26)13-8-15(21)18-17(9-13)28-20(23-18)25-5-3-14(27)4-6-25/h7-10,14,27H,3-6H2,1-2H3. The molecule has 1 N–H and O–H groups in total. The van der Waals surface area contributed by atoms with Crippen LogP contribution < -0.4 is 4.90 Å². The van der Waals surface area contributed by atoms with Crippen molar-refractivity contribution in [1.29, 1.82) is 0 Å². The summed E-state index contributed by atoms with van der Waals surface area (Å²) < 4.78 is 17.4. The third-order valence-corrected chi connectivity index (χ3v) is 6.26. The van der Waals surface area contributed by atoms with Crippen LogP contribution in [-0.4, -0.2) is 43.9 Å². The Morgan fingerprint density at radius 3 is 2.71 bits per heavy atom. The van der Waals surface area contributed by atoms with Gasteiger partial charge in [0.2, 0.25) is 0 Å². The molecule has 0 radical (unpaired) electrons. The molecule has 0 amide bonds. The summed E-state index contributed by atoms with van der Waals surface area (Å²) >= 11 is 1.49. The molecular weight excluding hydrogens is 377 g/mol. The number of fused-ring (bicyclic) bond motifs is 2. The minimum Gasteiger partial charge on any atom is -0.393 e. The second kappa shape index (κ2) is 6.49. The molecule has 5 rings (SSSR count). The molecule has 3 aromatic heterocycles. The average Bonchev–Trinajstić information content (AvgIpc) is 3.26. The molecular formula is C20H20FN5OS.